The quantitative estimate of drug-likeness (QED) is 0.872. The van der Waals surface area contributed by atoms with Crippen molar-refractivity contribution in [1.29, 1.82) is 0 Å². The van der Waals surface area contributed by atoms with Crippen molar-refractivity contribution in [3.05, 3.63) is 65.2 Å². The Morgan fingerprint density at radius 1 is 1.12 bits per heavy atom. The largest absolute Gasteiger partial charge is 0.416 e. The molecule has 1 unspecified atom stereocenters. The molecule has 7 heteroatoms. The molecule has 2 aromatic rings. The van der Waals surface area contributed by atoms with Crippen molar-refractivity contribution in [3.63, 3.8) is 0 Å². The number of nitrogens with two attached hydrogens (primary N) is 1. The van der Waals surface area contributed by atoms with Gasteiger partial charge in [-0.1, -0.05) is 30.3 Å². The summed E-state index contributed by atoms with van der Waals surface area (Å²) in [6.45, 7) is 0. The summed E-state index contributed by atoms with van der Waals surface area (Å²) in [6, 6.07) is 11.7. The van der Waals surface area contributed by atoms with E-state index in [9.17, 15) is 18.0 Å². The Balaban J connectivity index is 2.21. The van der Waals surface area contributed by atoms with Crippen LogP contribution in [0.4, 0.5) is 18.9 Å². The minimum atomic E-state index is -4.46. The van der Waals surface area contributed by atoms with Crippen molar-refractivity contribution in [2.75, 3.05) is 11.9 Å². The molecule has 1 aliphatic heterocycles. The Morgan fingerprint density at radius 2 is 1.83 bits per heavy atom. The van der Waals surface area contributed by atoms with Crippen LogP contribution < -0.4 is 10.6 Å². The minimum Gasteiger partial charge on any atom is -0.312 e. The van der Waals surface area contributed by atoms with E-state index in [4.69, 9.17) is 5.73 Å². The average molecular weight is 333 g/mol. The SMILES string of the molecule is CN1C(=O)C(N)N=C(c2cccc(C(F)(F)F)c2)c2ccccc21. The number of halogens is 3. The van der Waals surface area contributed by atoms with E-state index in [1.165, 1.54) is 17.0 Å². The van der Waals surface area contributed by atoms with Crippen LogP contribution in [0.15, 0.2) is 53.5 Å². The highest BCUT2D eigenvalue weighted by atomic mass is 19.4. The second kappa shape index (κ2) is 5.76. The highest BCUT2D eigenvalue weighted by Crippen LogP contribution is 2.32. The Labute approximate surface area is 136 Å². The lowest BCUT2D eigenvalue weighted by molar-refractivity contribution is -0.137. The van der Waals surface area contributed by atoms with Crippen LogP contribution in [0.25, 0.3) is 0 Å². The van der Waals surface area contributed by atoms with Gasteiger partial charge >= 0.3 is 6.18 Å². The predicted octanol–water partition coefficient (Wildman–Crippen LogP) is 2.80. The van der Waals surface area contributed by atoms with E-state index in [-0.39, 0.29) is 11.3 Å². The van der Waals surface area contributed by atoms with Gasteiger partial charge in [-0.3, -0.25) is 9.79 Å². The van der Waals surface area contributed by atoms with Crippen LogP contribution in [-0.4, -0.2) is 24.8 Å². The number of para-hydroxylation sites is 1. The lowest BCUT2D eigenvalue weighted by atomic mass is 9.98. The first-order valence-electron chi connectivity index (χ1n) is 7.17. The molecule has 4 nitrogen and oxygen atoms in total. The molecule has 1 aliphatic rings. The Kier molecular flexibility index (Phi) is 3.88. The Bertz CT molecular complexity index is 830. The first-order valence-corrected chi connectivity index (χ1v) is 7.17. The van der Waals surface area contributed by atoms with Crippen LogP contribution in [0.3, 0.4) is 0 Å². The van der Waals surface area contributed by atoms with Gasteiger partial charge in [-0.25, -0.2) is 0 Å². The molecule has 0 bridgehead atoms. The summed E-state index contributed by atoms with van der Waals surface area (Å²) >= 11 is 0. The van der Waals surface area contributed by atoms with Crippen molar-refractivity contribution in [1.82, 2.24) is 0 Å². The first-order chi connectivity index (χ1) is 11.3. The maximum absolute atomic E-state index is 13.0. The zero-order valence-corrected chi connectivity index (χ0v) is 12.7. The van der Waals surface area contributed by atoms with E-state index in [0.717, 1.165) is 12.1 Å². The molecule has 0 radical (unpaired) electrons. The summed E-state index contributed by atoms with van der Waals surface area (Å²) in [6.07, 6.45) is -5.64. The van der Waals surface area contributed by atoms with Gasteiger partial charge in [-0.15, -0.1) is 0 Å². The molecular formula is C17H14F3N3O. The standard InChI is InChI=1S/C17H14F3N3O/c1-23-13-8-3-2-7-12(13)14(22-15(21)16(23)24)10-5-4-6-11(9-10)17(18,19)20/h2-9,15H,21H2,1H3. The zero-order chi connectivity index (χ0) is 17.5. The molecule has 2 aromatic carbocycles. The molecule has 1 amide bonds. The number of hydrogen-bond acceptors (Lipinski definition) is 3. The summed E-state index contributed by atoms with van der Waals surface area (Å²) in [5.41, 5.74) is 6.65. The van der Waals surface area contributed by atoms with Crippen LogP contribution >= 0.6 is 0 Å². The number of likely N-dealkylation sites (N-methyl/N-ethyl adjacent to an activating group) is 1. The van der Waals surface area contributed by atoms with Crippen LogP contribution in [0.1, 0.15) is 16.7 Å². The van der Waals surface area contributed by atoms with Gasteiger partial charge in [-0.2, -0.15) is 13.2 Å². The highest BCUT2D eigenvalue weighted by Gasteiger charge is 2.32. The van der Waals surface area contributed by atoms with Gasteiger partial charge in [0.25, 0.3) is 5.91 Å². The fourth-order valence-electron chi connectivity index (χ4n) is 2.62. The summed E-state index contributed by atoms with van der Waals surface area (Å²) in [4.78, 5) is 17.8. The Hall–Kier alpha value is -2.67. The molecule has 3 rings (SSSR count). The summed E-state index contributed by atoms with van der Waals surface area (Å²) in [5.74, 6) is -0.426. The number of rotatable bonds is 1. The second-order valence-electron chi connectivity index (χ2n) is 5.42. The zero-order valence-electron chi connectivity index (χ0n) is 12.7. The van der Waals surface area contributed by atoms with Crippen molar-refractivity contribution in [2.45, 2.75) is 12.3 Å². The molecule has 24 heavy (non-hydrogen) atoms. The number of anilines is 1. The number of alkyl halides is 3. The predicted molar refractivity (Wildman–Crippen MR) is 84.9 cm³/mol. The van der Waals surface area contributed by atoms with Gasteiger partial charge in [0.2, 0.25) is 0 Å². The normalized spacial score (nSPS) is 18.0. The molecule has 1 heterocycles. The number of benzodiazepines with no additional fused rings is 1. The maximum atomic E-state index is 13.0. The Morgan fingerprint density at radius 3 is 2.54 bits per heavy atom. The third-order valence-corrected chi connectivity index (χ3v) is 3.84. The number of amides is 1. The van der Waals surface area contributed by atoms with Crippen molar-refractivity contribution < 1.29 is 18.0 Å². The number of hydrogen-bond donors (Lipinski definition) is 1. The summed E-state index contributed by atoms with van der Waals surface area (Å²) in [7, 11) is 1.56. The number of aliphatic imine (C=N–C) groups is 1. The van der Waals surface area contributed by atoms with Crippen LogP contribution in [0, 0.1) is 0 Å². The van der Waals surface area contributed by atoms with Gasteiger partial charge < -0.3 is 10.6 Å². The van der Waals surface area contributed by atoms with E-state index < -0.39 is 23.8 Å². The average Bonchev–Trinajstić information content (AvgIpc) is 2.65. The molecule has 0 fully saturated rings. The molecule has 124 valence electrons. The number of fused-ring (bicyclic) bond motifs is 1. The minimum absolute atomic E-state index is 0.260. The van der Waals surface area contributed by atoms with E-state index in [1.807, 2.05) is 0 Å². The summed E-state index contributed by atoms with van der Waals surface area (Å²) in [5, 5.41) is 0. The fourth-order valence-corrected chi connectivity index (χ4v) is 2.62. The molecule has 0 saturated carbocycles. The molecule has 0 aliphatic carbocycles. The van der Waals surface area contributed by atoms with Crippen LogP contribution in [-0.2, 0) is 11.0 Å². The molecule has 1 atom stereocenters. The van der Waals surface area contributed by atoms with Crippen LogP contribution in [0.2, 0.25) is 0 Å². The van der Waals surface area contributed by atoms with E-state index in [2.05, 4.69) is 4.99 Å². The van der Waals surface area contributed by atoms with Gasteiger partial charge in [0.05, 0.1) is 17.0 Å². The fraction of sp³-hybridized carbons (Fsp3) is 0.176. The summed E-state index contributed by atoms with van der Waals surface area (Å²) < 4.78 is 39.0. The molecular weight excluding hydrogens is 319 g/mol. The third-order valence-electron chi connectivity index (χ3n) is 3.84. The number of nitrogens with zero attached hydrogens (tertiary/aromatic N) is 2. The van der Waals surface area contributed by atoms with Crippen molar-refractivity contribution >= 4 is 17.3 Å². The molecule has 0 saturated heterocycles. The molecule has 2 N–H and O–H groups in total. The van der Waals surface area contributed by atoms with Gasteiger partial charge in [0.1, 0.15) is 0 Å². The molecule has 0 spiro atoms. The van der Waals surface area contributed by atoms with Gasteiger partial charge in [0.15, 0.2) is 6.17 Å². The number of benzene rings is 2. The highest BCUT2D eigenvalue weighted by molar-refractivity contribution is 6.20. The lowest BCUT2D eigenvalue weighted by Crippen LogP contribution is -2.39. The van der Waals surface area contributed by atoms with Crippen molar-refractivity contribution in [3.8, 4) is 0 Å². The number of carbonyl (C=O) groups excluding carboxylic acids is 1. The lowest BCUT2D eigenvalue weighted by Gasteiger charge is -2.18. The van der Waals surface area contributed by atoms with Gasteiger partial charge in [-0.05, 0) is 18.2 Å². The van der Waals surface area contributed by atoms with Crippen LogP contribution in [0.5, 0.6) is 0 Å². The van der Waals surface area contributed by atoms with Crippen molar-refractivity contribution in [2.24, 2.45) is 10.7 Å². The topological polar surface area (TPSA) is 58.7 Å². The molecule has 0 aromatic heterocycles. The maximum Gasteiger partial charge on any atom is 0.416 e. The third kappa shape index (κ3) is 2.78. The van der Waals surface area contributed by atoms with E-state index >= 15 is 0 Å². The number of carbonyl (C=O) groups is 1. The van der Waals surface area contributed by atoms with E-state index in [1.54, 1.807) is 31.3 Å². The van der Waals surface area contributed by atoms with E-state index in [0.29, 0.717) is 11.3 Å². The van der Waals surface area contributed by atoms with Gasteiger partial charge in [0, 0.05) is 18.2 Å². The second-order valence-corrected chi connectivity index (χ2v) is 5.42. The smallest absolute Gasteiger partial charge is 0.312 e. The first kappa shape index (κ1) is 16.2. The monoisotopic (exact) mass is 333 g/mol.